The van der Waals surface area contributed by atoms with Gasteiger partial charge in [0.25, 0.3) is 0 Å². The zero-order valence-corrected chi connectivity index (χ0v) is 77.3. The van der Waals surface area contributed by atoms with E-state index in [0.29, 0.717) is 0 Å². The summed E-state index contributed by atoms with van der Waals surface area (Å²) in [7, 11) is 0. The molecule has 636 valence electrons. The Morgan fingerprint density at radius 1 is 0.126 bits per heavy atom. The summed E-state index contributed by atoms with van der Waals surface area (Å²) in [5, 5.41) is 8.80. The molecule has 26 aromatic rings. The fourth-order valence-electron chi connectivity index (χ4n) is 18.3. The molecule has 0 amide bonds. The molecule has 7 heterocycles. The van der Waals surface area contributed by atoms with Crippen LogP contribution in [-0.4, -0.2) is 0 Å². The molecule has 0 radical (unpaired) electrons. The quantitative estimate of drug-likeness (QED) is 0.0964. The lowest BCUT2D eigenvalue weighted by Crippen LogP contribution is -1.81. The van der Waals surface area contributed by atoms with E-state index in [9.17, 15) is 0 Å². The molecule has 7 aromatic heterocycles. The van der Waals surface area contributed by atoms with Crippen LogP contribution in [0.4, 0.5) is 0 Å². The molecular formula is C128H82O2S5. The van der Waals surface area contributed by atoms with E-state index < -0.39 is 0 Å². The van der Waals surface area contributed by atoms with E-state index in [1.165, 1.54) is 203 Å². The van der Waals surface area contributed by atoms with Crippen LogP contribution in [0.3, 0.4) is 0 Å². The van der Waals surface area contributed by atoms with Gasteiger partial charge in [-0.05, 0) is 199 Å². The van der Waals surface area contributed by atoms with E-state index in [0.717, 1.165) is 44.6 Å². The van der Waals surface area contributed by atoms with Gasteiger partial charge in [0, 0.05) is 92.0 Å². The molecule has 0 saturated carbocycles. The van der Waals surface area contributed by atoms with E-state index in [4.69, 9.17) is 8.83 Å². The Hall–Kier alpha value is -15.9. The van der Waals surface area contributed by atoms with Gasteiger partial charge < -0.3 is 8.83 Å². The van der Waals surface area contributed by atoms with E-state index in [-0.39, 0.29) is 0 Å². The van der Waals surface area contributed by atoms with Crippen molar-refractivity contribution >= 4 is 129 Å². The highest BCUT2D eigenvalue weighted by atomic mass is 32.1. The van der Waals surface area contributed by atoms with Crippen LogP contribution in [0, 0.1) is 0 Å². The van der Waals surface area contributed by atoms with Gasteiger partial charge in [-0.3, -0.25) is 0 Å². The Bertz CT molecular complexity index is 7860. The van der Waals surface area contributed by atoms with Crippen molar-refractivity contribution in [2.45, 2.75) is 0 Å². The van der Waals surface area contributed by atoms with Crippen molar-refractivity contribution < 1.29 is 8.83 Å². The van der Waals surface area contributed by atoms with Gasteiger partial charge in [-0.25, -0.2) is 0 Å². The first kappa shape index (κ1) is 82.2. The minimum Gasteiger partial charge on any atom is -0.456 e. The Labute approximate surface area is 803 Å². The first-order valence-corrected chi connectivity index (χ1v) is 49.6. The van der Waals surface area contributed by atoms with Crippen LogP contribution < -0.4 is 0 Å². The standard InChI is InChI=1S/C48H30S3.C46H30S2.C34H22O2/c1-4-10-31(11-5-1)34-16-22-37(23-17-34)43-28-40-46(49-43)41-29-44(38-24-18-35(19-25-38)32-12-6-2-7-13-32)51-48(41)42-30-45(50-47(40)42)39-26-20-36(21-27-39)33-14-8-3-9-15-33;1-3-7-31(8-4-1)33-11-15-35(16-12-33)37-19-23-39(24-20-37)43-28-41-27-42-29-44(48-46(42)30-45(41)47-43)40-25-21-38(22-26-40)36-17-13-34(14-18-36)32-9-5-2-6-10-32;1-3-7-23(8-4-1)25-11-15-27(16-12-25)31-20-29-19-30-21-32(36-34(30)22-33(29)35-31)28-17-13-26(14-18-28)24-9-5-2-6-10-24/h1-30H;1-30H;1-22H. The summed E-state index contributed by atoms with van der Waals surface area (Å²) < 4.78 is 19.2. The summed E-state index contributed by atoms with van der Waals surface area (Å²) in [5.74, 6) is 1.71. The van der Waals surface area contributed by atoms with E-state index in [2.05, 4.69) is 479 Å². The van der Waals surface area contributed by atoms with Crippen LogP contribution in [0.15, 0.2) is 506 Å². The van der Waals surface area contributed by atoms with Crippen LogP contribution in [-0.2, 0) is 0 Å². The van der Waals surface area contributed by atoms with Crippen molar-refractivity contribution in [1.29, 1.82) is 0 Å². The third kappa shape index (κ3) is 17.0. The van der Waals surface area contributed by atoms with Gasteiger partial charge in [-0.2, -0.15) is 0 Å². The summed E-state index contributed by atoms with van der Waals surface area (Å²) in [5.41, 5.74) is 32.3. The number of fused-ring (bicyclic) bond motifs is 10. The molecule has 0 saturated heterocycles. The average molecular weight is 1810 g/mol. The molecule has 19 aromatic carbocycles. The van der Waals surface area contributed by atoms with Crippen molar-refractivity contribution in [3.63, 3.8) is 0 Å². The maximum absolute atomic E-state index is 6.23. The van der Waals surface area contributed by atoms with Gasteiger partial charge in [-0.15, -0.1) is 56.7 Å². The molecule has 0 bridgehead atoms. The maximum atomic E-state index is 6.23. The fourth-order valence-corrected chi connectivity index (χ4v) is 24.4. The summed E-state index contributed by atoms with van der Waals surface area (Å²) in [4.78, 5) is 6.53. The molecule has 0 atom stereocenters. The molecule has 0 aliphatic heterocycles. The topological polar surface area (TPSA) is 26.3 Å². The molecule has 0 aliphatic rings. The number of hydrogen-bond donors (Lipinski definition) is 0. The minimum absolute atomic E-state index is 0.824. The monoisotopic (exact) mass is 1810 g/mol. The van der Waals surface area contributed by atoms with Gasteiger partial charge in [0.2, 0.25) is 0 Å². The zero-order chi connectivity index (χ0) is 89.5. The largest absolute Gasteiger partial charge is 0.456 e. The van der Waals surface area contributed by atoms with Crippen molar-refractivity contribution in [2.24, 2.45) is 0 Å². The van der Waals surface area contributed by atoms with Crippen LogP contribution in [0.2, 0.25) is 0 Å². The normalized spacial score (nSPS) is 11.4. The predicted molar refractivity (Wildman–Crippen MR) is 583 cm³/mol. The predicted octanol–water partition coefficient (Wildman–Crippen LogP) is 39.3. The molecule has 0 spiro atoms. The number of hydrogen-bond acceptors (Lipinski definition) is 7. The summed E-state index contributed by atoms with van der Waals surface area (Å²) in [6, 6.07) is 179. The number of furan rings is 2. The summed E-state index contributed by atoms with van der Waals surface area (Å²) in [6.07, 6.45) is 0. The lowest BCUT2D eigenvalue weighted by molar-refractivity contribution is 0.620. The number of benzene rings is 19. The molecule has 7 heteroatoms. The number of thiophene rings is 5. The maximum Gasteiger partial charge on any atom is 0.138 e. The van der Waals surface area contributed by atoms with E-state index in [1.54, 1.807) is 0 Å². The van der Waals surface area contributed by atoms with E-state index in [1.807, 2.05) is 74.9 Å². The average Bonchev–Trinajstić information content (AvgIpc) is 1.56. The molecule has 0 fully saturated rings. The second-order valence-corrected chi connectivity index (χ2v) is 39.4. The van der Waals surface area contributed by atoms with Crippen LogP contribution >= 0.6 is 56.7 Å². The van der Waals surface area contributed by atoms with Crippen molar-refractivity contribution in [3.8, 4) is 175 Å². The Kier molecular flexibility index (Phi) is 22.1. The van der Waals surface area contributed by atoms with Gasteiger partial charge >= 0.3 is 0 Å². The van der Waals surface area contributed by atoms with Crippen LogP contribution in [0.1, 0.15) is 0 Å². The molecule has 0 N–H and O–H groups in total. The van der Waals surface area contributed by atoms with Gasteiger partial charge in [0.15, 0.2) is 0 Å². The molecule has 135 heavy (non-hydrogen) atoms. The molecule has 26 rings (SSSR count). The smallest absolute Gasteiger partial charge is 0.138 e. The van der Waals surface area contributed by atoms with Crippen molar-refractivity contribution in [3.05, 3.63) is 497 Å². The van der Waals surface area contributed by atoms with Crippen LogP contribution in [0.25, 0.3) is 247 Å². The lowest BCUT2D eigenvalue weighted by Gasteiger charge is -2.06. The summed E-state index contributed by atoms with van der Waals surface area (Å²) in [6.45, 7) is 0. The Morgan fingerprint density at radius 2 is 0.304 bits per heavy atom. The first-order chi connectivity index (χ1) is 66.8. The highest BCUT2D eigenvalue weighted by Gasteiger charge is 2.22. The minimum atomic E-state index is 0.824. The van der Waals surface area contributed by atoms with E-state index >= 15 is 0 Å². The molecule has 2 nitrogen and oxygen atoms in total. The number of rotatable bonds is 16. The first-order valence-electron chi connectivity index (χ1n) is 45.5. The highest BCUT2D eigenvalue weighted by molar-refractivity contribution is 7.30. The fraction of sp³-hybridized carbons (Fsp3) is 0. The highest BCUT2D eigenvalue weighted by Crippen LogP contribution is 2.52. The van der Waals surface area contributed by atoms with Crippen molar-refractivity contribution in [2.75, 3.05) is 0 Å². The lowest BCUT2D eigenvalue weighted by atomic mass is 9.99. The second-order valence-electron chi connectivity index (χ2n) is 34.1. The van der Waals surface area contributed by atoms with Gasteiger partial charge in [-0.1, -0.05) is 431 Å². The molecular weight excluding hydrogens is 1730 g/mol. The Morgan fingerprint density at radius 3 is 0.519 bits per heavy atom. The van der Waals surface area contributed by atoms with Crippen molar-refractivity contribution in [1.82, 2.24) is 0 Å². The van der Waals surface area contributed by atoms with Gasteiger partial charge in [0.05, 0.1) is 0 Å². The molecule has 0 unspecified atom stereocenters. The third-order valence-corrected chi connectivity index (χ3v) is 31.6. The second kappa shape index (κ2) is 36.3. The molecule has 0 aliphatic carbocycles. The third-order valence-electron chi connectivity index (χ3n) is 25.6. The zero-order valence-electron chi connectivity index (χ0n) is 73.2. The Balaban J connectivity index is 0.000000113. The van der Waals surface area contributed by atoms with Crippen LogP contribution in [0.5, 0.6) is 0 Å². The summed E-state index contributed by atoms with van der Waals surface area (Å²) >= 11 is 9.52. The van der Waals surface area contributed by atoms with Gasteiger partial charge in [0.1, 0.15) is 22.7 Å². The SMILES string of the molecule is c1ccc(-c2ccc(-c3cc4c(s3)c3cc(-c5ccc(-c6ccccc6)cc5)sc3c3cc(-c5ccc(-c6ccccc6)cc5)sc43)cc2)cc1.c1ccc(-c2ccc(-c3cc4cc5cc(-c6ccc(-c7ccccc7)cc6)oc5cc4o3)cc2)cc1.c1ccc(-c2ccc(-c3ccc(-c4cc5cc6cc(-c7ccc(-c8ccc(-c9ccccc9)cc8)cc7)sc6cc5s4)cc3)cc2)cc1.